The molecule has 0 saturated heterocycles. The molecule has 1 unspecified atom stereocenters. The largest absolute Gasteiger partial charge is 0.350 e. The molecule has 0 bridgehead atoms. The van der Waals surface area contributed by atoms with Crippen molar-refractivity contribution in [3.05, 3.63) is 34.1 Å². The molecule has 0 heterocycles. The van der Waals surface area contributed by atoms with Crippen LogP contribution in [0.1, 0.15) is 17.3 Å². The van der Waals surface area contributed by atoms with Gasteiger partial charge in [-0.15, -0.1) is 0 Å². The second-order valence-electron chi connectivity index (χ2n) is 3.52. The third kappa shape index (κ3) is 3.57. The lowest BCUT2D eigenvalue weighted by Gasteiger charge is -2.12. The lowest BCUT2D eigenvalue weighted by Crippen LogP contribution is -2.37. The molecule has 3 nitrogen and oxygen atoms in total. The molecule has 0 radical (unpaired) electrons. The summed E-state index contributed by atoms with van der Waals surface area (Å²) in [6.07, 6.45) is 0. The zero-order chi connectivity index (χ0) is 12.1. The van der Waals surface area contributed by atoms with Crippen molar-refractivity contribution in [3.63, 3.8) is 0 Å². The van der Waals surface area contributed by atoms with Gasteiger partial charge in [0, 0.05) is 17.1 Å². The zero-order valence-electron chi connectivity index (χ0n) is 9.18. The lowest BCUT2D eigenvalue weighted by atomic mass is 10.2. The van der Waals surface area contributed by atoms with Gasteiger partial charge in [0.05, 0.1) is 5.56 Å². The highest BCUT2D eigenvalue weighted by atomic mass is 79.9. The van der Waals surface area contributed by atoms with Crippen molar-refractivity contribution in [2.24, 2.45) is 0 Å². The minimum absolute atomic E-state index is 0.197. The van der Waals surface area contributed by atoms with Gasteiger partial charge in [-0.1, -0.05) is 0 Å². The monoisotopic (exact) mass is 288 g/mol. The first-order valence-electron chi connectivity index (χ1n) is 4.95. The molecular formula is C11H14BrFN2O. The van der Waals surface area contributed by atoms with Crippen LogP contribution in [0.5, 0.6) is 0 Å². The summed E-state index contributed by atoms with van der Waals surface area (Å²) in [5.74, 6) is -0.582. The van der Waals surface area contributed by atoms with Gasteiger partial charge in [-0.2, -0.15) is 0 Å². The van der Waals surface area contributed by atoms with Gasteiger partial charge in [0.2, 0.25) is 0 Å². The van der Waals surface area contributed by atoms with E-state index in [1.54, 1.807) is 0 Å². The summed E-state index contributed by atoms with van der Waals surface area (Å²) in [7, 11) is 1.82. The van der Waals surface area contributed by atoms with Crippen molar-refractivity contribution in [2.45, 2.75) is 13.0 Å². The predicted molar refractivity (Wildman–Crippen MR) is 65.0 cm³/mol. The molecule has 5 heteroatoms. The first-order chi connectivity index (χ1) is 7.54. The van der Waals surface area contributed by atoms with Gasteiger partial charge in [0.15, 0.2) is 0 Å². The van der Waals surface area contributed by atoms with Crippen LogP contribution < -0.4 is 10.6 Å². The molecule has 0 aromatic heterocycles. The van der Waals surface area contributed by atoms with Crippen LogP contribution in [0, 0.1) is 5.82 Å². The normalized spacial score (nSPS) is 12.2. The molecule has 1 amide bonds. The first-order valence-corrected chi connectivity index (χ1v) is 5.74. The fourth-order valence-corrected chi connectivity index (χ4v) is 1.65. The van der Waals surface area contributed by atoms with Gasteiger partial charge < -0.3 is 10.6 Å². The summed E-state index contributed by atoms with van der Waals surface area (Å²) < 4.78 is 13.3. The second-order valence-corrected chi connectivity index (χ2v) is 4.38. The minimum atomic E-state index is -0.369. The van der Waals surface area contributed by atoms with E-state index in [0.29, 0.717) is 16.6 Å². The van der Waals surface area contributed by atoms with Crippen LogP contribution in [-0.4, -0.2) is 25.5 Å². The maximum absolute atomic E-state index is 12.8. The lowest BCUT2D eigenvalue weighted by molar-refractivity contribution is 0.0949. The number of hydrogen-bond acceptors (Lipinski definition) is 2. The number of halogens is 2. The Bertz CT molecular complexity index is 384. The number of nitrogens with one attached hydrogen (secondary N) is 2. The van der Waals surface area contributed by atoms with Crippen molar-refractivity contribution in [3.8, 4) is 0 Å². The smallest absolute Gasteiger partial charge is 0.252 e. The number of amides is 1. The Morgan fingerprint density at radius 3 is 2.81 bits per heavy atom. The minimum Gasteiger partial charge on any atom is -0.350 e. The Kier molecular flexibility index (Phi) is 4.89. The third-order valence-corrected chi connectivity index (χ3v) is 2.89. The SMILES string of the molecule is CNC(C)CNC(=O)c1ccc(F)cc1Br. The number of likely N-dealkylation sites (N-methyl/N-ethyl adjacent to an activating group) is 1. The van der Waals surface area contributed by atoms with Crippen molar-refractivity contribution in [2.75, 3.05) is 13.6 Å². The molecule has 0 aliphatic rings. The Balaban J connectivity index is 2.66. The van der Waals surface area contributed by atoms with Crippen LogP contribution in [0.2, 0.25) is 0 Å². The average Bonchev–Trinajstić information content (AvgIpc) is 2.25. The van der Waals surface area contributed by atoms with Crippen LogP contribution in [0.15, 0.2) is 22.7 Å². The van der Waals surface area contributed by atoms with Gasteiger partial charge in [-0.3, -0.25) is 4.79 Å². The number of hydrogen-bond donors (Lipinski definition) is 2. The van der Waals surface area contributed by atoms with E-state index < -0.39 is 0 Å². The van der Waals surface area contributed by atoms with Gasteiger partial charge in [0.1, 0.15) is 5.82 Å². The number of carbonyl (C=O) groups is 1. The van der Waals surface area contributed by atoms with Gasteiger partial charge in [-0.05, 0) is 48.1 Å². The van der Waals surface area contributed by atoms with E-state index in [4.69, 9.17) is 0 Å². The van der Waals surface area contributed by atoms with Crippen molar-refractivity contribution < 1.29 is 9.18 Å². The van der Waals surface area contributed by atoms with E-state index in [1.165, 1.54) is 18.2 Å². The van der Waals surface area contributed by atoms with Gasteiger partial charge >= 0.3 is 0 Å². The Labute approximate surface area is 103 Å². The van der Waals surface area contributed by atoms with E-state index >= 15 is 0 Å². The fraction of sp³-hybridized carbons (Fsp3) is 0.364. The van der Waals surface area contributed by atoms with Crippen LogP contribution in [-0.2, 0) is 0 Å². The molecule has 1 rings (SSSR count). The summed E-state index contributed by atoms with van der Waals surface area (Å²) >= 11 is 3.16. The highest BCUT2D eigenvalue weighted by Crippen LogP contribution is 2.17. The van der Waals surface area contributed by atoms with E-state index in [9.17, 15) is 9.18 Å². The van der Waals surface area contributed by atoms with Crippen LogP contribution in [0.4, 0.5) is 4.39 Å². The van der Waals surface area contributed by atoms with E-state index in [2.05, 4.69) is 26.6 Å². The number of benzene rings is 1. The molecule has 0 spiro atoms. The number of rotatable bonds is 4. The molecule has 2 N–H and O–H groups in total. The van der Waals surface area contributed by atoms with Crippen LogP contribution in [0.3, 0.4) is 0 Å². The molecule has 0 fully saturated rings. The topological polar surface area (TPSA) is 41.1 Å². The predicted octanol–water partition coefficient (Wildman–Crippen LogP) is 1.93. The van der Waals surface area contributed by atoms with E-state index in [0.717, 1.165) is 0 Å². The standard InChI is InChI=1S/C11H14BrFN2O/c1-7(14-2)6-15-11(16)9-4-3-8(13)5-10(9)12/h3-5,7,14H,6H2,1-2H3,(H,15,16). The van der Waals surface area contributed by atoms with Gasteiger partial charge in [0.25, 0.3) is 5.91 Å². The maximum atomic E-state index is 12.8. The third-order valence-electron chi connectivity index (χ3n) is 2.24. The second kappa shape index (κ2) is 5.96. The van der Waals surface area contributed by atoms with E-state index in [1.807, 2.05) is 14.0 Å². The molecule has 0 aliphatic heterocycles. The Hall–Kier alpha value is -0.940. The molecule has 1 aromatic rings. The van der Waals surface area contributed by atoms with Crippen molar-refractivity contribution in [1.82, 2.24) is 10.6 Å². The average molecular weight is 289 g/mol. The van der Waals surface area contributed by atoms with Crippen molar-refractivity contribution >= 4 is 21.8 Å². The molecular weight excluding hydrogens is 275 g/mol. The Morgan fingerprint density at radius 2 is 2.25 bits per heavy atom. The van der Waals surface area contributed by atoms with E-state index in [-0.39, 0.29) is 17.8 Å². The summed E-state index contributed by atoms with van der Waals surface area (Å²) in [6.45, 7) is 2.49. The molecule has 1 atom stereocenters. The molecule has 1 aromatic carbocycles. The van der Waals surface area contributed by atoms with Crippen molar-refractivity contribution in [1.29, 1.82) is 0 Å². The van der Waals surface area contributed by atoms with Crippen LogP contribution >= 0.6 is 15.9 Å². The highest BCUT2D eigenvalue weighted by Gasteiger charge is 2.10. The van der Waals surface area contributed by atoms with Gasteiger partial charge in [-0.25, -0.2) is 4.39 Å². The maximum Gasteiger partial charge on any atom is 0.252 e. The summed E-state index contributed by atoms with van der Waals surface area (Å²) in [5.41, 5.74) is 0.435. The summed E-state index contributed by atoms with van der Waals surface area (Å²) in [5, 5.41) is 5.77. The number of carbonyl (C=O) groups excluding carboxylic acids is 1. The molecule has 0 saturated carbocycles. The molecule has 88 valence electrons. The molecule has 0 aliphatic carbocycles. The highest BCUT2D eigenvalue weighted by molar-refractivity contribution is 9.10. The fourth-order valence-electron chi connectivity index (χ4n) is 1.12. The quantitative estimate of drug-likeness (QED) is 0.889. The van der Waals surface area contributed by atoms with Crippen LogP contribution in [0.25, 0.3) is 0 Å². The Morgan fingerprint density at radius 1 is 1.56 bits per heavy atom. The molecule has 16 heavy (non-hydrogen) atoms. The first kappa shape index (κ1) is 13.1. The summed E-state index contributed by atoms with van der Waals surface area (Å²) in [4.78, 5) is 11.7. The summed E-state index contributed by atoms with van der Waals surface area (Å²) in [6, 6.07) is 4.19. The zero-order valence-corrected chi connectivity index (χ0v) is 10.8.